The molecular weight excluding hydrogens is 240 g/mol. The van der Waals surface area contributed by atoms with Crippen molar-refractivity contribution in [3.05, 3.63) is 0 Å². The quantitative estimate of drug-likeness (QED) is 0.587. The first kappa shape index (κ1) is 14.4. The highest BCUT2D eigenvalue weighted by atomic mass is 16.4. The minimum atomic E-state index is -1.60. The number of amides is 2. The third-order valence-corrected chi connectivity index (χ3v) is 2.99. The van der Waals surface area contributed by atoms with E-state index >= 15 is 0 Å². The molecule has 0 radical (unpaired) electrons. The second kappa shape index (κ2) is 6.34. The molecule has 0 spiro atoms. The SMILES string of the molecule is CC(=O)N1CCCC(C(=O)NCC(O)C(=O)O)C1. The summed E-state index contributed by atoms with van der Waals surface area (Å²) in [6.07, 6.45) is -0.181. The molecule has 102 valence electrons. The maximum atomic E-state index is 11.7. The number of piperidine rings is 1. The van der Waals surface area contributed by atoms with Crippen LogP contribution in [0.25, 0.3) is 0 Å². The van der Waals surface area contributed by atoms with Crippen molar-refractivity contribution in [2.75, 3.05) is 19.6 Å². The van der Waals surface area contributed by atoms with E-state index in [1.165, 1.54) is 6.92 Å². The van der Waals surface area contributed by atoms with Crippen molar-refractivity contribution in [2.45, 2.75) is 25.9 Å². The third-order valence-electron chi connectivity index (χ3n) is 2.99. The zero-order chi connectivity index (χ0) is 13.7. The van der Waals surface area contributed by atoms with Crippen molar-refractivity contribution in [3.8, 4) is 0 Å². The van der Waals surface area contributed by atoms with Crippen LogP contribution in [0.5, 0.6) is 0 Å². The van der Waals surface area contributed by atoms with E-state index in [0.717, 1.165) is 6.42 Å². The standard InChI is InChI=1S/C11H18N2O5/c1-7(14)13-4-2-3-8(6-13)10(16)12-5-9(15)11(17)18/h8-9,15H,2-6H2,1H3,(H,12,16)(H,17,18). The molecule has 0 aliphatic carbocycles. The topological polar surface area (TPSA) is 107 Å². The van der Waals surface area contributed by atoms with Gasteiger partial charge in [-0.3, -0.25) is 9.59 Å². The van der Waals surface area contributed by atoms with Gasteiger partial charge in [0, 0.05) is 20.0 Å². The Balaban J connectivity index is 2.42. The van der Waals surface area contributed by atoms with Gasteiger partial charge in [0.25, 0.3) is 0 Å². The van der Waals surface area contributed by atoms with Crippen LogP contribution < -0.4 is 5.32 Å². The monoisotopic (exact) mass is 258 g/mol. The molecule has 2 amide bonds. The summed E-state index contributed by atoms with van der Waals surface area (Å²) in [6, 6.07) is 0. The first-order chi connectivity index (χ1) is 8.41. The van der Waals surface area contributed by atoms with E-state index < -0.39 is 12.1 Å². The highest BCUT2D eigenvalue weighted by Crippen LogP contribution is 2.16. The van der Waals surface area contributed by atoms with E-state index in [-0.39, 0.29) is 24.3 Å². The molecular formula is C11H18N2O5. The first-order valence-corrected chi connectivity index (χ1v) is 5.86. The number of carbonyl (C=O) groups excluding carboxylic acids is 2. The van der Waals surface area contributed by atoms with E-state index in [4.69, 9.17) is 10.2 Å². The van der Waals surface area contributed by atoms with Gasteiger partial charge in [0.15, 0.2) is 6.10 Å². The molecule has 1 heterocycles. The molecule has 1 fully saturated rings. The normalized spacial score (nSPS) is 21.2. The third kappa shape index (κ3) is 3.99. The molecule has 0 aromatic rings. The van der Waals surface area contributed by atoms with Crippen molar-refractivity contribution in [1.82, 2.24) is 10.2 Å². The fraction of sp³-hybridized carbons (Fsp3) is 0.727. The lowest BCUT2D eigenvalue weighted by atomic mass is 9.97. The predicted octanol–water partition coefficient (Wildman–Crippen LogP) is -1.19. The van der Waals surface area contributed by atoms with Crippen molar-refractivity contribution in [1.29, 1.82) is 0 Å². The minimum absolute atomic E-state index is 0.0712. The van der Waals surface area contributed by atoms with Gasteiger partial charge in [-0.05, 0) is 12.8 Å². The number of nitrogens with zero attached hydrogens (tertiary/aromatic N) is 1. The maximum absolute atomic E-state index is 11.7. The summed E-state index contributed by atoms with van der Waals surface area (Å²) in [4.78, 5) is 34.9. The van der Waals surface area contributed by atoms with E-state index in [1.807, 2.05) is 0 Å². The Morgan fingerprint density at radius 1 is 1.44 bits per heavy atom. The van der Waals surface area contributed by atoms with E-state index in [0.29, 0.717) is 19.5 Å². The number of hydrogen-bond acceptors (Lipinski definition) is 4. The van der Waals surface area contributed by atoms with Gasteiger partial charge in [0.2, 0.25) is 11.8 Å². The Labute approximate surface area is 105 Å². The first-order valence-electron chi connectivity index (χ1n) is 5.86. The highest BCUT2D eigenvalue weighted by Gasteiger charge is 2.27. The molecule has 18 heavy (non-hydrogen) atoms. The second-order valence-corrected chi connectivity index (χ2v) is 4.40. The largest absolute Gasteiger partial charge is 0.479 e. The number of aliphatic hydroxyl groups is 1. The Morgan fingerprint density at radius 3 is 2.67 bits per heavy atom. The molecule has 0 aromatic heterocycles. The van der Waals surface area contributed by atoms with E-state index in [2.05, 4.69) is 5.32 Å². The van der Waals surface area contributed by atoms with Gasteiger partial charge in [0.1, 0.15) is 0 Å². The lowest BCUT2D eigenvalue weighted by Crippen LogP contribution is -2.46. The van der Waals surface area contributed by atoms with Gasteiger partial charge in [-0.2, -0.15) is 0 Å². The molecule has 7 heteroatoms. The number of nitrogens with one attached hydrogen (secondary N) is 1. The van der Waals surface area contributed by atoms with Gasteiger partial charge < -0.3 is 20.4 Å². The van der Waals surface area contributed by atoms with Gasteiger partial charge in [-0.15, -0.1) is 0 Å². The summed E-state index contributed by atoms with van der Waals surface area (Å²) in [5.74, 6) is -2.09. The number of carboxylic acid groups (broad SMARTS) is 1. The van der Waals surface area contributed by atoms with Crippen LogP contribution in [0.2, 0.25) is 0 Å². The van der Waals surface area contributed by atoms with Crippen molar-refractivity contribution in [3.63, 3.8) is 0 Å². The molecule has 0 aromatic carbocycles. The predicted molar refractivity (Wildman–Crippen MR) is 61.6 cm³/mol. The number of carbonyl (C=O) groups is 3. The highest BCUT2D eigenvalue weighted by molar-refractivity contribution is 5.81. The molecule has 2 unspecified atom stereocenters. The molecule has 1 saturated heterocycles. The number of aliphatic hydroxyl groups excluding tert-OH is 1. The molecule has 1 aliphatic rings. The zero-order valence-electron chi connectivity index (χ0n) is 10.3. The van der Waals surface area contributed by atoms with Crippen LogP contribution in [-0.4, -0.2) is 58.6 Å². The van der Waals surface area contributed by atoms with Crippen molar-refractivity contribution >= 4 is 17.8 Å². The van der Waals surface area contributed by atoms with Crippen LogP contribution in [0.1, 0.15) is 19.8 Å². The van der Waals surface area contributed by atoms with Gasteiger partial charge in [0.05, 0.1) is 12.5 Å². The van der Waals surface area contributed by atoms with E-state index in [1.54, 1.807) is 4.90 Å². The van der Waals surface area contributed by atoms with Crippen LogP contribution in [0.3, 0.4) is 0 Å². The molecule has 1 rings (SSSR count). The van der Waals surface area contributed by atoms with Crippen LogP contribution in [-0.2, 0) is 14.4 Å². The number of aliphatic carboxylic acids is 1. The molecule has 7 nitrogen and oxygen atoms in total. The maximum Gasteiger partial charge on any atom is 0.334 e. The second-order valence-electron chi connectivity index (χ2n) is 4.40. The fourth-order valence-corrected chi connectivity index (χ4v) is 1.91. The smallest absolute Gasteiger partial charge is 0.334 e. The van der Waals surface area contributed by atoms with Crippen LogP contribution in [0.4, 0.5) is 0 Å². The summed E-state index contributed by atoms with van der Waals surface area (Å²) >= 11 is 0. The Hall–Kier alpha value is -1.63. The van der Waals surface area contributed by atoms with Crippen molar-refractivity contribution in [2.24, 2.45) is 5.92 Å². The molecule has 2 atom stereocenters. The average Bonchev–Trinajstić information content (AvgIpc) is 2.35. The molecule has 1 aliphatic heterocycles. The van der Waals surface area contributed by atoms with Gasteiger partial charge in [-0.1, -0.05) is 0 Å². The summed E-state index contributed by atoms with van der Waals surface area (Å²) in [6.45, 7) is 2.14. The number of hydrogen-bond donors (Lipinski definition) is 3. The fourth-order valence-electron chi connectivity index (χ4n) is 1.91. The van der Waals surface area contributed by atoms with Gasteiger partial charge >= 0.3 is 5.97 Å². The van der Waals surface area contributed by atoms with Gasteiger partial charge in [-0.25, -0.2) is 4.79 Å². The summed E-state index contributed by atoms with van der Waals surface area (Å²) in [5, 5.41) is 19.9. The Kier molecular flexibility index (Phi) is 5.08. The number of rotatable bonds is 4. The summed E-state index contributed by atoms with van der Waals surface area (Å²) in [5.41, 5.74) is 0. The number of carboxylic acids is 1. The Bertz CT molecular complexity index is 344. The Morgan fingerprint density at radius 2 is 2.11 bits per heavy atom. The lowest BCUT2D eigenvalue weighted by molar-refractivity contribution is -0.146. The minimum Gasteiger partial charge on any atom is -0.479 e. The summed E-state index contributed by atoms with van der Waals surface area (Å²) in [7, 11) is 0. The molecule has 3 N–H and O–H groups in total. The average molecular weight is 258 g/mol. The molecule has 0 saturated carbocycles. The summed E-state index contributed by atoms with van der Waals surface area (Å²) < 4.78 is 0. The van der Waals surface area contributed by atoms with Crippen molar-refractivity contribution < 1.29 is 24.6 Å². The zero-order valence-corrected chi connectivity index (χ0v) is 10.3. The van der Waals surface area contributed by atoms with E-state index in [9.17, 15) is 14.4 Å². The lowest BCUT2D eigenvalue weighted by Gasteiger charge is -2.31. The molecule has 0 bridgehead atoms. The van der Waals surface area contributed by atoms with Crippen LogP contribution in [0.15, 0.2) is 0 Å². The number of likely N-dealkylation sites (tertiary alicyclic amines) is 1. The van der Waals surface area contributed by atoms with Crippen LogP contribution in [0, 0.1) is 5.92 Å². The van der Waals surface area contributed by atoms with Crippen LogP contribution >= 0.6 is 0 Å².